The number of nitriles is 1. The lowest BCUT2D eigenvalue weighted by molar-refractivity contribution is -0.137. The predicted octanol–water partition coefficient (Wildman–Crippen LogP) is 3.74. The molecule has 1 aromatic carbocycles. The van der Waals surface area contributed by atoms with Crippen molar-refractivity contribution in [2.24, 2.45) is 5.92 Å². The van der Waals surface area contributed by atoms with Crippen molar-refractivity contribution in [3.05, 3.63) is 23.8 Å². The normalized spacial score (nSPS) is 13.5. The fourth-order valence-electron chi connectivity index (χ4n) is 2.37. The molecular weight excluding hydrogens is 292 g/mol. The number of rotatable bonds is 7. The molecule has 0 heterocycles. The van der Waals surface area contributed by atoms with Crippen molar-refractivity contribution in [1.82, 2.24) is 0 Å². The van der Waals surface area contributed by atoms with Gasteiger partial charge in [-0.25, -0.2) is 0 Å². The topological polar surface area (TPSA) is 71.3 Å². The molecule has 0 aromatic heterocycles. The van der Waals surface area contributed by atoms with Gasteiger partial charge in [-0.15, -0.1) is 0 Å². The quantitative estimate of drug-likeness (QED) is 0.831. The van der Waals surface area contributed by atoms with E-state index in [2.05, 4.69) is 11.4 Å². The summed E-state index contributed by atoms with van der Waals surface area (Å²) in [5.74, 6) is 0.650. The molecule has 0 spiro atoms. The number of methoxy groups -OCH3 is 1. The SMILES string of the molecule is COC(C)(CC(C)C)C(=O)Nc1ccc(OC(C)C)cc1C#N. The van der Waals surface area contributed by atoms with Crippen LogP contribution in [0.4, 0.5) is 5.69 Å². The number of benzene rings is 1. The third-order valence-electron chi connectivity index (χ3n) is 3.46. The molecule has 0 aliphatic heterocycles. The van der Waals surface area contributed by atoms with Gasteiger partial charge in [-0.3, -0.25) is 4.79 Å². The molecule has 1 unspecified atom stereocenters. The van der Waals surface area contributed by atoms with Gasteiger partial charge in [0.05, 0.1) is 17.4 Å². The Morgan fingerprint density at radius 3 is 2.48 bits per heavy atom. The first kappa shape index (κ1) is 19.0. The van der Waals surface area contributed by atoms with E-state index in [1.807, 2.05) is 27.7 Å². The van der Waals surface area contributed by atoms with Crippen LogP contribution in [0.3, 0.4) is 0 Å². The molecular formula is C18H26N2O3. The van der Waals surface area contributed by atoms with E-state index in [0.29, 0.717) is 29.3 Å². The van der Waals surface area contributed by atoms with Crippen molar-refractivity contribution in [1.29, 1.82) is 5.26 Å². The molecule has 5 heteroatoms. The van der Waals surface area contributed by atoms with Crippen LogP contribution in [-0.2, 0) is 9.53 Å². The Kier molecular flexibility index (Phi) is 6.59. The minimum absolute atomic E-state index is 0.0183. The molecule has 1 amide bonds. The number of amides is 1. The van der Waals surface area contributed by atoms with Crippen LogP contribution in [0.15, 0.2) is 18.2 Å². The monoisotopic (exact) mass is 318 g/mol. The fraction of sp³-hybridized carbons (Fsp3) is 0.556. The van der Waals surface area contributed by atoms with Crippen molar-refractivity contribution in [3.63, 3.8) is 0 Å². The lowest BCUT2D eigenvalue weighted by atomic mass is 9.93. The van der Waals surface area contributed by atoms with Gasteiger partial charge in [0.2, 0.25) is 0 Å². The van der Waals surface area contributed by atoms with Crippen LogP contribution in [0.1, 0.15) is 46.6 Å². The van der Waals surface area contributed by atoms with Crippen LogP contribution in [0.2, 0.25) is 0 Å². The number of hydrogen-bond donors (Lipinski definition) is 1. The van der Waals surface area contributed by atoms with Crippen LogP contribution < -0.4 is 10.1 Å². The summed E-state index contributed by atoms with van der Waals surface area (Å²) in [4.78, 5) is 12.6. The molecule has 0 aliphatic rings. The number of carbonyl (C=O) groups excluding carboxylic acids is 1. The number of ether oxygens (including phenoxy) is 2. The Labute approximate surface area is 138 Å². The molecule has 5 nitrogen and oxygen atoms in total. The van der Waals surface area contributed by atoms with Crippen LogP contribution in [0.5, 0.6) is 5.75 Å². The van der Waals surface area contributed by atoms with Crippen LogP contribution in [0, 0.1) is 17.2 Å². The van der Waals surface area contributed by atoms with Crippen molar-refractivity contribution in [3.8, 4) is 11.8 Å². The van der Waals surface area contributed by atoms with Crippen LogP contribution in [0.25, 0.3) is 0 Å². The van der Waals surface area contributed by atoms with Crippen LogP contribution >= 0.6 is 0 Å². The van der Waals surface area contributed by atoms with Crippen molar-refractivity contribution in [2.45, 2.75) is 52.7 Å². The molecule has 0 saturated carbocycles. The van der Waals surface area contributed by atoms with Gasteiger partial charge in [-0.05, 0) is 45.2 Å². The number of hydrogen-bond acceptors (Lipinski definition) is 4. The molecule has 0 radical (unpaired) electrons. The van der Waals surface area contributed by atoms with Gasteiger partial charge in [-0.2, -0.15) is 5.26 Å². The number of carbonyl (C=O) groups is 1. The lowest BCUT2D eigenvalue weighted by Gasteiger charge is -2.28. The van der Waals surface area contributed by atoms with E-state index in [1.54, 1.807) is 25.1 Å². The summed E-state index contributed by atoms with van der Waals surface area (Å²) >= 11 is 0. The highest BCUT2D eigenvalue weighted by Crippen LogP contribution is 2.26. The molecule has 23 heavy (non-hydrogen) atoms. The third kappa shape index (κ3) is 5.26. The van der Waals surface area contributed by atoms with E-state index < -0.39 is 5.60 Å². The van der Waals surface area contributed by atoms with E-state index in [4.69, 9.17) is 9.47 Å². The van der Waals surface area contributed by atoms with Gasteiger partial charge in [0.15, 0.2) is 0 Å². The standard InChI is InChI=1S/C18H26N2O3/c1-12(2)10-18(5,22-6)17(21)20-16-8-7-15(23-13(3)4)9-14(16)11-19/h7-9,12-13H,10H2,1-6H3,(H,20,21). The molecule has 1 N–H and O–H groups in total. The maximum absolute atomic E-state index is 12.6. The van der Waals surface area contributed by atoms with Crippen LogP contribution in [-0.4, -0.2) is 24.7 Å². The number of nitrogens with one attached hydrogen (secondary N) is 1. The number of anilines is 1. The summed E-state index contributed by atoms with van der Waals surface area (Å²) in [6.45, 7) is 9.65. The van der Waals surface area contributed by atoms with Gasteiger partial charge < -0.3 is 14.8 Å². The molecule has 0 bridgehead atoms. The van der Waals surface area contributed by atoms with E-state index in [9.17, 15) is 10.1 Å². The fourth-order valence-corrected chi connectivity index (χ4v) is 2.37. The van der Waals surface area contributed by atoms with Gasteiger partial charge in [0, 0.05) is 13.2 Å². The summed E-state index contributed by atoms with van der Waals surface area (Å²) in [6, 6.07) is 7.14. The maximum Gasteiger partial charge on any atom is 0.256 e. The Morgan fingerprint density at radius 2 is 2.00 bits per heavy atom. The van der Waals surface area contributed by atoms with E-state index in [-0.39, 0.29) is 12.0 Å². The second-order valence-electron chi connectivity index (χ2n) is 6.47. The van der Waals surface area contributed by atoms with Gasteiger partial charge >= 0.3 is 0 Å². The molecule has 126 valence electrons. The molecule has 1 aromatic rings. The zero-order valence-electron chi connectivity index (χ0n) is 14.8. The Bertz CT molecular complexity index is 590. The average molecular weight is 318 g/mol. The van der Waals surface area contributed by atoms with Crippen molar-refractivity contribution >= 4 is 11.6 Å². The summed E-state index contributed by atoms with van der Waals surface area (Å²) in [7, 11) is 1.52. The summed E-state index contributed by atoms with van der Waals surface area (Å²) < 4.78 is 11.0. The van der Waals surface area contributed by atoms with Gasteiger partial charge in [0.25, 0.3) is 5.91 Å². The summed E-state index contributed by atoms with van der Waals surface area (Å²) in [5.41, 5.74) is -0.117. The minimum atomic E-state index is -0.937. The molecule has 0 fully saturated rings. The number of nitrogens with zero attached hydrogens (tertiary/aromatic N) is 1. The van der Waals surface area contributed by atoms with Crippen molar-refractivity contribution < 1.29 is 14.3 Å². The Balaban J connectivity index is 2.99. The maximum atomic E-state index is 12.6. The minimum Gasteiger partial charge on any atom is -0.491 e. The first-order valence-electron chi connectivity index (χ1n) is 7.79. The highest BCUT2D eigenvalue weighted by atomic mass is 16.5. The zero-order chi connectivity index (χ0) is 17.6. The molecule has 1 rings (SSSR count). The first-order valence-corrected chi connectivity index (χ1v) is 7.79. The average Bonchev–Trinajstić information content (AvgIpc) is 2.47. The molecule has 0 aliphatic carbocycles. The van der Waals surface area contributed by atoms with Crippen molar-refractivity contribution in [2.75, 3.05) is 12.4 Å². The highest BCUT2D eigenvalue weighted by molar-refractivity contribution is 5.98. The Morgan fingerprint density at radius 1 is 1.35 bits per heavy atom. The van der Waals surface area contributed by atoms with E-state index in [1.165, 1.54) is 7.11 Å². The van der Waals surface area contributed by atoms with Gasteiger partial charge in [0.1, 0.15) is 17.4 Å². The zero-order valence-corrected chi connectivity index (χ0v) is 14.8. The second kappa shape index (κ2) is 7.98. The lowest BCUT2D eigenvalue weighted by Crippen LogP contribution is -2.43. The Hall–Kier alpha value is -2.06. The smallest absolute Gasteiger partial charge is 0.256 e. The van der Waals surface area contributed by atoms with E-state index in [0.717, 1.165) is 0 Å². The third-order valence-corrected chi connectivity index (χ3v) is 3.46. The largest absolute Gasteiger partial charge is 0.491 e. The first-order chi connectivity index (χ1) is 10.7. The molecule has 0 saturated heterocycles. The van der Waals surface area contributed by atoms with E-state index >= 15 is 0 Å². The molecule has 1 atom stereocenters. The predicted molar refractivity (Wildman–Crippen MR) is 90.4 cm³/mol. The summed E-state index contributed by atoms with van der Waals surface area (Å²) in [5, 5.41) is 12.1. The van der Waals surface area contributed by atoms with Gasteiger partial charge in [-0.1, -0.05) is 13.8 Å². The summed E-state index contributed by atoms with van der Waals surface area (Å²) in [6.07, 6.45) is 0.607. The second-order valence-corrected chi connectivity index (χ2v) is 6.47. The highest BCUT2D eigenvalue weighted by Gasteiger charge is 2.34.